The molecule has 2 aromatic heterocycles. The van der Waals surface area contributed by atoms with E-state index in [9.17, 15) is 9.59 Å². The SMILES string of the molecule is C.C.CC(=O)N1CCC(N)CC1.CC(=O)c1cnc2c(cnn2C)c1C.NCc1ccccc1. The molecule has 1 saturated heterocycles. The lowest BCUT2D eigenvalue weighted by Gasteiger charge is -2.28. The fraction of sp³-hybridized carbons (Fsp3) is 0.462. The topological polar surface area (TPSA) is 120 Å². The van der Waals surface area contributed by atoms with Gasteiger partial charge in [0.2, 0.25) is 5.91 Å². The normalized spacial score (nSPS) is 12.8. The summed E-state index contributed by atoms with van der Waals surface area (Å²) in [6, 6.07) is 10.3. The van der Waals surface area contributed by atoms with Gasteiger partial charge in [-0.1, -0.05) is 45.2 Å². The fourth-order valence-corrected chi connectivity index (χ4v) is 3.40. The molecule has 0 saturated carbocycles. The van der Waals surface area contributed by atoms with Crippen molar-refractivity contribution < 1.29 is 9.59 Å². The molecule has 4 N–H and O–H groups in total. The van der Waals surface area contributed by atoms with Gasteiger partial charge in [-0.25, -0.2) is 4.98 Å². The van der Waals surface area contributed by atoms with Gasteiger partial charge in [0.05, 0.1) is 6.20 Å². The van der Waals surface area contributed by atoms with Gasteiger partial charge in [0.25, 0.3) is 0 Å². The molecule has 0 spiro atoms. The Morgan fingerprint density at radius 1 is 1.06 bits per heavy atom. The third-order valence-electron chi connectivity index (χ3n) is 5.47. The van der Waals surface area contributed by atoms with E-state index in [0.717, 1.165) is 42.5 Å². The van der Waals surface area contributed by atoms with E-state index in [1.54, 1.807) is 30.9 Å². The second-order valence-corrected chi connectivity index (χ2v) is 7.89. The van der Waals surface area contributed by atoms with Crippen molar-refractivity contribution in [1.29, 1.82) is 0 Å². The zero-order valence-corrected chi connectivity index (χ0v) is 19.4. The first-order valence-corrected chi connectivity index (χ1v) is 10.8. The van der Waals surface area contributed by atoms with Crippen LogP contribution in [0.1, 0.15) is 63.0 Å². The van der Waals surface area contributed by atoms with Crippen molar-refractivity contribution in [3.05, 3.63) is 59.4 Å². The molecule has 0 unspecified atom stereocenters. The molecular weight excluding hydrogens is 428 g/mol. The number of ketones is 1. The number of nitrogens with two attached hydrogens (primary N) is 2. The average molecular weight is 471 g/mol. The highest BCUT2D eigenvalue weighted by Gasteiger charge is 2.17. The molecule has 0 radical (unpaired) electrons. The highest BCUT2D eigenvalue weighted by atomic mass is 16.2. The van der Waals surface area contributed by atoms with Crippen LogP contribution in [-0.2, 0) is 18.4 Å². The van der Waals surface area contributed by atoms with Gasteiger partial charge in [-0.2, -0.15) is 5.10 Å². The molecule has 1 fully saturated rings. The molecule has 8 heteroatoms. The summed E-state index contributed by atoms with van der Waals surface area (Å²) in [5.74, 6) is 0.215. The molecule has 0 aliphatic carbocycles. The fourth-order valence-electron chi connectivity index (χ4n) is 3.40. The van der Waals surface area contributed by atoms with E-state index in [2.05, 4.69) is 10.1 Å². The Morgan fingerprint density at radius 2 is 1.65 bits per heavy atom. The summed E-state index contributed by atoms with van der Waals surface area (Å²) < 4.78 is 1.70. The molecule has 1 amide bonds. The summed E-state index contributed by atoms with van der Waals surface area (Å²) in [4.78, 5) is 28.1. The number of fused-ring (bicyclic) bond motifs is 1. The predicted octanol–water partition coefficient (Wildman–Crippen LogP) is 3.85. The van der Waals surface area contributed by atoms with Crippen LogP contribution in [0.15, 0.2) is 42.7 Å². The van der Waals surface area contributed by atoms with E-state index < -0.39 is 0 Å². The largest absolute Gasteiger partial charge is 0.343 e. The van der Waals surface area contributed by atoms with Crippen LogP contribution < -0.4 is 11.5 Å². The number of rotatable bonds is 2. The minimum absolute atomic E-state index is 0. The maximum absolute atomic E-state index is 11.2. The van der Waals surface area contributed by atoms with Crippen molar-refractivity contribution in [1.82, 2.24) is 19.7 Å². The predicted molar refractivity (Wildman–Crippen MR) is 141 cm³/mol. The van der Waals surface area contributed by atoms with Crippen LogP contribution in [0.2, 0.25) is 0 Å². The van der Waals surface area contributed by atoms with E-state index in [0.29, 0.717) is 18.2 Å². The summed E-state index contributed by atoms with van der Waals surface area (Å²) in [6.45, 7) is 7.40. The highest BCUT2D eigenvalue weighted by Crippen LogP contribution is 2.18. The summed E-state index contributed by atoms with van der Waals surface area (Å²) >= 11 is 0. The Bertz CT molecular complexity index is 1020. The Labute approximate surface area is 204 Å². The maximum Gasteiger partial charge on any atom is 0.219 e. The van der Waals surface area contributed by atoms with Crippen LogP contribution in [0.25, 0.3) is 11.0 Å². The molecule has 3 aromatic rings. The van der Waals surface area contributed by atoms with Crippen molar-refractivity contribution in [2.45, 2.75) is 61.1 Å². The Kier molecular flexibility index (Phi) is 13.6. The van der Waals surface area contributed by atoms with E-state index in [1.165, 1.54) is 5.56 Å². The number of carbonyl (C=O) groups is 2. The minimum atomic E-state index is 0. The molecule has 0 bridgehead atoms. The summed E-state index contributed by atoms with van der Waals surface area (Å²) in [7, 11) is 1.84. The lowest BCUT2D eigenvalue weighted by Crippen LogP contribution is -2.41. The molecule has 3 heterocycles. The van der Waals surface area contributed by atoms with Crippen molar-refractivity contribution in [3.63, 3.8) is 0 Å². The average Bonchev–Trinajstić information content (AvgIpc) is 3.17. The first kappa shape index (κ1) is 30.9. The molecule has 0 atom stereocenters. The molecule has 4 rings (SSSR count). The number of pyridine rings is 1. The Hall–Kier alpha value is -3.10. The van der Waals surface area contributed by atoms with E-state index in [4.69, 9.17) is 11.5 Å². The van der Waals surface area contributed by atoms with Gasteiger partial charge >= 0.3 is 0 Å². The van der Waals surface area contributed by atoms with Gasteiger partial charge in [-0.05, 0) is 37.8 Å². The zero-order chi connectivity index (χ0) is 23.7. The van der Waals surface area contributed by atoms with Gasteiger partial charge < -0.3 is 16.4 Å². The van der Waals surface area contributed by atoms with Gasteiger partial charge in [-0.15, -0.1) is 0 Å². The van der Waals surface area contributed by atoms with Crippen molar-refractivity contribution in [3.8, 4) is 0 Å². The lowest BCUT2D eigenvalue weighted by molar-refractivity contribution is -0.129. The summed E-state index contributed by atoms with van der Waals surface area (Å²) in [6.07, 6.45) is 5.27. The van der Waals surface area contributed by atoms with E-state index >= 15 is 0 Å². The molecule has 8 nitrogen and oxygen atoms in total. The van der Waals surface area contributed by atoms with Gasteiger partial charge in [0, 0.05) is 56.8 Å². The highest BCUT2D eigenvalue weighted by molar-refractivity contribution is 5.99. The number of piperidine rings is 1. The number of benzene rings is 1. The smallest absolute Gasteiger partial charge is 0.219 e. The number of aryl methyl sites for hydroxylation is 2. The van der Waals surface area contributed by atoms with Crippen LogP contribution in [0, 0.1) is 6.92 Å². The molecular formula is C26H42N6O2. The van der Waals surface area contributed by atoms with Crippen LogP contribution in [0.5, 0.6) is 0 Å². The number of likely N-dealkylation sites (tertiary alicyclic amines) is 1. The lowest BCUT2D eigenvalue weighted by atomic mass is 10.1. The van der Waals surface area contributed by atoms with Gasteiger partial charge in [0.1, 0.15) is 0 Å². The second-order valence-electron chi connectivity index (χ2n) is 7.89. The molecule has 1 aromatic carbocycles. The van der Waals surface area contributed by atoms with Crippen molar-refractivity contribution in [2.24, 2.45) is 18.5 Å². The molecule has 1 aliphatic rings. The minimum Gasteiger partial charge on any atom is -0.343 e. The number of hydrogen-bond donors (Lipinski definition) is 2. The van der Waals surface area contributed by atoms with E-state index in [-0.39, 0.29) is 26.5 Å². The summed E-state index contributed by atoms with van der Waals surface area (Å²) in [5, 5.41) is 5.04. The van der Waals surface area contributed by atoms with Crippen LogP contribution in [-0.4, -0.2) is 50.5 Å². The number of amides is 1. The van der Waals surface area contributed by atoms with Crippen LogP contribution in [0.4, 0.5) is 0 Å². The Morgan fingerprint density at radius 3 is 2.12 bits per heavy atom. The maximum atomic E-state index is 11.2. The molecule has 34 heavy (non-hydrogen) atoms. The standard InChI is InChI=1S/C10H11N3O.C7H14N2O.C7H9N.2CH4/c1-6-8(7(2)14)4-11-10-9(6)5-12-13(10)3;1-6(10)9-4-2-7(8)3-5-9;8-6-7-4-2-1-3-5-7;;/h4-5H,1-3H3;7H,2-5,8H2,1H3;1-5H,6,8H2;2*1H4. The number of Topliss-reactive ketones (excluding diaryl/α,β-unsaturated/α-hetero) is 1. The first-order chi connectivity index (χ1) is 15.2. The summed E-state index contributed by atoms with van der Waals surface area (Å²) in [5.41, 5.74) is 14.6. The third-order valence-corrected chi connectivity index (χ3v) is 5.47. The third kappa shape index (κ3) is 8.68. The Balaban J connectivity index is 0.000000487. The first-order valence-electron chi connectivity index (χ1n) is 10.8. The van der Waals surface area contributed by atoms with Gasteiger partial charge in [0.15, 0.2) is 11.4 Å². The van der Waals surface area contributed by atoms with Gasteiger partial charge in [-0.3, -0.25) is 14.3 Å². The van der Waals surface area contributed by atoms with E-state index in [1.807, 2.05) is 49.2 Å². The second kappa shape index (κ2) is 14.9. The quantitative estimate of drug-likeness (QED) is 0.549. The number of hydrogen-bond acceptors (Lipinski definition) is 6. The number of carbonyl (C=O) groups excluding carboxylic acids is 2. The number of nitrogens with zero attached hydrogens (tertiary/aromatic N) is 4. The van der Waals surface area contributed by atoms with Crippen LogP contribution >= 0.6 is 0 Å². The molecule has 1 aliphatic heterocycles. The van der Waals surface area contributed by atoms with Crippen molar-refractivity contribution in [2.75, 3.05) is 13.1 Å². The van der Waals surface area contributed by atoms with Crippen molar-refractivity contribution >= 4 is 22.7 Å². The monoisotopic (exact) mass is 470 g/mol. The zero-order valence-electron chi connectivity index (χ0n) is 19.4. The van der Waals surface area contributed by atoms with Crippen LogP contribution in [0.3, 0.4) is 0 Å². The molecule has 188 valence electrons. The number of aromatic nitrogens is 3.